The summed E-state index contributed by atoms with van der Waals surface area (Å²) in [6.45, 7) is 1.87. The van der Waals surface area contributed by atoms with Crippen molar-refractivity contribution in [1.29, 1.82) is 0 Å². The fraction of sp³-hybridized carbons (Fsp3) is 0.500. The largest absolute Gasteiger partial charge is 0.384 e. The molecule has 0 aromatic heterocycles. The van der Waals surface area contributed by atoms with Crippen molar-refractivity contribution in [1.82, 2.24) is 4.90 Å². The number of anilines is 1. The third-order valence-electron chi connectivity index (χ3n) is 3.15. The van der Waals surface area contributed by atoms with Gasteiger partial charge in [-0.2, -0.15) is 0 Å². The van der Waals surface area contributed by atoms with Gasteiger partial charge in [-0.1, -0.05) is 0 Å². The monoisotopic (exact) mass is 235 g/mol. The summed E-state index contributed by atoms with van der Waals surface area (Å²) in [5.41, 5.74) is 2.31. The van der Waals surface area contributed by atoms with Crippen LogP contribution in [0.5, 0.6) is 0 Å². The van der Waals surface area contributed by atoms with E-state index in [-0.39, 0.29) is 10.6 Å². The van der Waals surface area contributed by atoms with Crippen LogP contribution >= 0.6 is 0 Å². The Labute approximate surface area is 101 Å². The minimum absolute atomic E-state index is 0.183. The number of hydrogen-bond donors (Lipinski definition) is 1. The Bertz CT molecular complexity index is 432. The first-order valence-electron chi connectivity index (χ1n) is 5.75. The first-order chi connectivity index (χ1) is 8.08. The summed E-state index contributed by atoms with van der Waals surface area (Å²) in [5, 5.41) is 14.0. The van der Waals surface area contributed by atoms with Gasteiger partial charge in [0.15, 0.2) is 0 Å². The van der Waals surface area contributed by atoms with E-state index >= 15 is 0 Å². The van der Waals surface area contributed by atoms with Crippen LogP contribution in [0.3, 0.4) is 0 Å². The second kappa shape index (κ2) is 4.71. The first-order valence-corrected chi connectivity index (χ1v) is 5.75. The molecule has 1 heterocycles. The van der Waals surface area contributed by atoms with Crippen molar-refractivity contribution in [2.45, 2.75) is 12.3 Å². The normalized spacial score (nSPS) is 17.9. The molecule has 1 aliphatic rings. The summed E-state index contributed by atoms with van der Waals surface area (Å²) >= 11 is 0. The predicted molar refractivity (Wildman–Crippen MR) is 67.5 cm³/mol. The van der Waals surface area contributed by atoms with Gasteiger partial charge in [0.2, 0.25) is 0 Å². The maximum atomic E-state index is 10.8. The smallest absolute Gasteiger partial charge is 0.269 e. The van der Waals surface area contributed by atoms with Gasteiger partial charge in [-0.05, 0) is 38.7 Å². The molecular weight excluding hydrogens is 218 g/mol. The summed E-state index contributed by atoms with van der Waals surface area (Å²) in [7, 11) is 4.08. The highest BCUT2D eigenvalue weighted by Crippen LogP contribution is 2.35. The number of benzene rings is 1. The topological polar surface area (TPSA) is 58.4 Å². The van der Waals surface area contributed by atoms with Crippen molar-refractivity contribution in [3.8, 4) is 0 Å². The molecule has 0 aliphatic carbocycles. The summed E-state index contributed by atoms with van der Waals surface area (Å²) in [6, 6.07) is 5.07. The van der Waals surface area contributed by atoms with E-state index in [9.17, 15) is 10.1 Å². The number of nitrogens with zero attached hydrogens (tertiary/aromatic N) is 2. The molecule has 0 saturated heterocycles. The molecule has 0 saturated carbocycles. The highest BCUT2D eigenvalue weighted by Gasteiger charge is 2.24. The zero-order valence-corrected chi connectivity index (χ0v) is 10.1. The van der Waals surface area contributed by atoms with Crippen molar-refractivity contribution in [2.75, 3.05) is 32.5 Å². The fourth-order valence-corrected chi connectivity index (χ4v) is 2.18. The van der Waals surface area contributed by atoms with Gasteiger partial charge in [-0.15, -0.1) is 0 Å². The number of nitrogens with one attached hydrogen (secondary N) is 1. The van der Waals surface area contributed by atoms with Crippen molar-refractivity contribution >= 4 is 11.4 Å². The highest BCUT2D eigenvalue weighted by molar-refractivity contribution is 5.61. The van der Waals surface area contributed by atoms with E-state index in [0.29, 0.717) is 5.92 Å². The van der Waals surface area contributed by atoms with Gasteiger partial charge in [0.1, 0.15) is 0 Å². The maximum absolute atomic E-state index is 10.8. The summed E-state index contributed by atoms with van der Waals surface area (Å²) in [5.74, 6) is 0.382. The fourth-order valence-electron chi connectivity index (χ4n) is 2.18. The molecule has 0 amide bonds. The Morgan fingerprint density at radius 1 is 1.53 bits per heavy atom. The lowest BCUT2D eigenvalue weighted by Crippen LogP contribution is -2.16. The van der Waals surface area contributed by atoms with Gasteiger partial charge in [0, 0.05) is 30.3 Å². The van der Waals surface area contributed by atoms with Gasteiger partial charge in [0.05, 0.1) is 4.92 Å². The van der Waals surface area contributed by atoms with E-state index in [1.54, 1.807) is 12.1 Å². The van der Waals surface area contributed by atoms with Crippen LogP contribution in [0.4, 0.5) is 11.4 Å². The molecule has 2 rings (SSSR count). The molecular formula is C12H17N3O2. The van der Waals surface area contributed by atoms with Crippen LogP contribution in [0.25, 0.3) is 0 Å². The van der Waals surface area contributed by atoms with Gasteiger partial charge < -0.3 is 10.2 Å². The van der Waals surface area contributed by atoms with Gasteiger partial charge in [-0.25, -0.2) is 0 Å². The standard InChI is InChI=1S/C12H17N3O2/c1-14(2)6-5-9-8-13-12-4-3-10(15(16)17)7-11(9)12/h3-4,7,9,13H,5-6,8H2,1-2H3. The predicted octanol–water partition coefficient (Wildman–Crippen LogP) is 2.06. The van der Waals surface area contributed by atoms with Gasteiger partial charge in [0.25, 0.3) is 5.69 Å². The Hall–Kier alpha value is -1.62. The van der Waals surface area contributed by atoms with Crippen LogP contribution in [0.1, 0.15) is 17.9 Å². The molecule has 1 aromatic carbocycles. The molecule has 1 atom stereocenters. The zero-order valence-electron chi connectivity index (χ0n) is 10.1. The second-order valence-corrected chi connectivity index (χ2v) is 4.70. The minimum atomic E-state index is -0.332. The van der Waals surface area contributed by atoms with Crippen LogP contribution in [0.2, 0.25) is 0 Å². The molecule has 5 nitrogen and oxygen atoms in total. The molecule has 0 radical (unpaired) electrons. The number of nitro groups is 1. The Morgan fingerprint density at radius 3 is 2.94 bits per heavy atom. The Morgan fingerprint density at radius 2 is 2.29 bits per heavy atom. The quantitative estimate of drug-likeness (QED) is 0.641. The third kappa shape index (κ3) is 2.55. The van der Waals surface area contributed by atoms with E-state index in [1.807, 2.05) is 20.2 Å². The molecule has 5 heteroatoms. The molecule has 0 bridgehead atoms. The second-order valence-electron chi connectivity index (χ2n) is 4.70. The van der Waals surface area contributed by atoms with Gasteiger partial charge in [-0.3, -0.25) is 10.1 Å². The summed E-state index contributed by atoms with van der Waals surface area (Å²) < 4.78 is 0. The third-order valence-corrected chi connectivity index (χ3v) is 3.15. The average Bonchev–Trinajstić information content (AvgIpc) is 2.68. The van der Waals surface area contributed by atoms with E-state index in [0.717, 1.165) is 30.8 Å². The van der Waals surface area contributed by atoms with E-state index in [2.05, 4.69) is 10.2 Å². The molecule has 1 N–H and O–H groups in total. The number of fused-ring (bicyclic) bond motifs is 1. The maximum Gasteiger partial charge on any atom is 0.269 e. The molecule has 1 aromatic rings. The van der Waals surface area contributed by atoms with Crippen molar-refractivity contribution < 1.29 is 4.92 Å². The molecule has 0 spiro atoms. The summed E-state index contributed by atoms with van der Waals surface area (Å²) in [6.07, 6.45) is 1.02. The Balaban J connectivity index is 2.17. The van der Waals surface area contributed by atoms with Crippen molar-refractivity contribution in [3.63, 3.8) is 0 Å². The van der Waals surface area contributed by atoms with Crippen molar-refractivity contribution in [2.24, 2.45) is 0 Å². The van der Waals surface area contributed by atoms with Crippen LogP contribution in [0, 0.1) is 10.1 Å². The van der Waals surface area contributed by atoms with Crippen LogP contribution in [-0.2, 0) is 0 Å². The van der Waals surface area contributed by atoms with Crippen LogP contribution in [0.15, 0.2) is 18.2 Å². The van der Waals surface area contributed by atoms with Crippen LogP contribution < -0.4 is 5.32 Å². The minimum Gasteiger partial charge on any atom is -0.384 e. The summed E-state index contributed by atoms with van der Waals surface area (Å²) in [4.78, 5) is 12.6. The Kier molecular flexibility index (Phi) is 3.28. The van der Waals surface area contributed by atoms with Gasteiger partial charge >= 0.3 is 0 Å². The lowest BCUT2D eigenvalue weighted by atomic mass is 9.97. The lowest BCUT2D eigenvalue weighted by Gasteiger charge is -2.14. The molecule has 0 fully saturated rings. The highest BCUT2D eigenvalue weighted by atomic mass is 16.6. The lowest BCUT2D eigenvalue weighted by molar-refractivity contribution is -0.384. The number of non-ortho nitro benzene ring substituents is 1. The van der Waals surface area contributed by atoms with E-state index < -0.39 is 0 Å². The zero-order chi connectivity index (χ0) is 12.4. The molecule has 1 aliphatic heterocycles. The first kappa shape index (κ1) is 11.9. The number of rotatable bonds is 4. The average molecular weight is 235 g/mol. The van der Waals surface area contributed by atoms with Crippen LogP contribution in [-0.4, -0.2) is 37.0 Å². The SMILES string of the molecule is CN(C)CCC1CNc2ccc([N+](=O)[O-])cc21. The number of nitro benzene ring substituents is 1. The van der Waals surface area contributed by atoms with E-state index in [4.69, 9.17) is 0 Å². The molecule has 1 unspecified atom stereocenters. The number of hydrogen-bond acceptors (Lipinski definition) is 4. The van der Waals surface area contributed by atoms with Crippen molar-refractivity contribution in [3.05, 3.63) is 33.9 Å². The molecule has 17 heavy (non-hydrogen) atoms. The van der Waals surface area contributed by atoms with E-state index in [1.165, 1.54) is 0 Å². The molecule has 92 valence electrons.